The van der Waals surface area contributed by atoms with Crippen LogP contribution in [0.15, 0.2) is 49.1 Å². The summed E-state index contributed by atoms with van der Waals surface area (Å²) in [6, 6.07) is 7.56. The molecule has 2 aromatic rings. The first-order valence-corrected chi connectivity index (χ1v) is 35.5. The van der Waals surface area contributed by atoms with E-state index in [-0.39, 0.29) is 48.8 Å². The van der Waals surface area contributed by atoms with Crippen LogP contribution in [0.5, 0.6) is 0 Å². The molecule has 2 rings (SSSR count). The zero-order valence-corrected chi connectivity index (χ0v) is 55.3. The summed E-state index contributed by atoms with van der Waals surface area (Å²) in [6.07, 6.45) is 54.7. The summed E-state index contributed by atoms with van der Waals surface area (Å²) in [7, 11) is 0. The Labute approximate surface area is 523 Å². The number of hydrogen-bond acceptors (Lipinski definition) is 8. The second kappa shape index (κ2) is 55.4. The Balaban J connectivity index is 1.47. The molecule has 2 unspecified atom stereocenters. The number of carbonyl (C=O) groups excluding carboxylic acids is 6. The van der Waals surface area contributed by atoms with Crippen molar-refractivity contribution in [3.8, 4) is 11.1 Å². The van der Waals surface area contributed by atoms with Crippen LogP contribution in [-0.2, 0) is 51.3 Å². The highest BCUT2D eigenvalue weighted by molar-refractivity contribution is 5.85. The highest BCUT2D eigenvalue weighted by Gasteiger charge is 2.23. The number of amides is 4. The van der Waals surface area contributed by atoms with E-state index in [1.165, 1.54) is 152 Å². The molecule has 4 N–H and O–H groups in total. The van der Waals surface area contributed by atoms with Gasteiger partial charge >= 0.3 is 11.9 Å². The van der Waals surface area contributed by atoms with E-state index in [1.54, 1.807) is 13.8 Å². The molecule has 14 heteroatoms. The summed E-state index contributed by atoms with van der Waals surface area (Å²) in [4.78, 5) is 75.3. The predicted molar refractivity (Wildman–Crippen MR) is 350 cm³/mol. The third kappa shape index (κ3) is 43.7. The summed E-state index contributed by atoms with van der Waals surface area (Å²) in [5.74, 6) is -0.742. The molecule has 2 atom stereocenters. The number of carbonyl (C=O) groups is 6. The first-order valence-electron chi connectivity index (χ1n) is 35.5. The average molecular weight is 1200 g/mol. The minimum absolute atomic E-state index is 0.0942. The van der Waals surface area contributed by atoms with E-state index in [4.69, 9.17) is 9.47 Å². The number of aromatic nitrogens is 2. The number of rotatable bonds is 59. The van der Waals surface area contributed by atoms with Gasteiger partial charge < -0.3 is 30.7 Å². The van der Waals surface area contributed by atoms with Crippen LogP contribution >= 0.6 is 0 Å². The monoisotopic (exact) mass is 1200 g/mol. The first-order chi connectivity index (χ1) is 42.1. The van der Waals surface area contributed by atoms with Gasteiger partial charge in [0.1, 0.15) is 25.2 Å². The molecule has 0 bridgehead atoms. The van der Waals surface area contributed by atoms with Crippen molar-refractivity contribution in [2.45, 2.75) is 335 Å². The van der Waals surface area contributed by atoms with Crippen LogP contribution in [0.3, 0.4) is 0 Å². The summed E-state index contributed by atoms with van der Waals surface area (Å²) in [5, 5.41) is 11.9. The molecular formula is C72H126N6O8+2. The van der Waals surface area contributed by atoms with E-state index in [0.717, 1.165) is 116 Å². The fourth-order valence-electron chi connectivity index (χ4n) is 11.2. The second-order valence-corrected chi connectivity index (χ2v) is 24.4. The summed E-state index contributed by atoms with van der Waals surface area (Å²) < 4.78 is 15.1. The molecule has 0 aromatic carbocycles. The molecule has 14 nitrogen and oxygen atoms in total. The Kier molecular flexibility index (Phi) is 49.8. The predicted octanol–water partition coefficient (Wildman–Crippen LogP) is 15.5. The van der Waals surface area contributed by atoms with Crippen molar-refractivity contribution in [3.05, 3.63) is 49.1 Å². The summed E-state index contributed by atoms with van der Waals surface area (Å²) >= 11 is 0. The largest absolute Gasteiger partial charge is 0.464 e. The highest BCUT2D eigenvalue weighted by atomic mass is 16.5. The molecule has 0 saturated heterocycles. The van der Waals surface area contributed by atoms with Crippen LogP contribution < -0.4 is 30.4 Å². The first kappa shape index (κ1) is 77.2. The Morgan fingerprint density at radius 3 is 0.895 bits per heavy atom. The van der Waals surface area contributed by atoms with Gasteiger partial charge in [0, 0.05) is 75.9 Å². The second-order valence-electron chi connectivity index (χ2n) is 24.4. The summed E-state index contributed by atoms with van der Waals surface area (Å²) in [5.41, 5.74) is 2.45. The number of ether oxygens (including phenoxy) is 2. The average Bonchev–Trinajstić information content (AvgIpc) is 3.65. The maximum Gasteiger partial charge on any atom is 0.328 e. The number of hydrogen-bond donors (Lipinski definition) is 4. The molecule has 4 amide bonds. The van der Waals surface area contributed by atoms with Gasteiger partial charge in [-0.15, -0.1) is 0 Å². The van der Waals surface area contributed by atoms with Gasteiger partial charge in [0.15, 0.2) is 24.8 Å². The minimum atomic E-state index is -0.642. The van der Waals surface area contributed by atoms with Gasteiger partial charge in [-0.05, 0) is 102 Å². The van der Waals surface area contributed by atoms with Gasteiger partial charge in [-0.3, -0.25) is 19.2 Å². The van der Waals surface area contributed by atoms with E-state index >= 15 is 0 Å². The molecule has 490 valence electrons. The number of unbranched alkanes of at least 4 members (excludes halogenated alkanes) is 32. The minimum Gasteiger partial charge on any atom is -0.464 e. The Bertz CT molecular complexity index is 1860. The van der Waals surface area contributed by atoms with E-state index in [2.05, 4.69) is 93.3 Å². The lowest BCUT2D eigenvalue weighted by atomic mass is 10.1. The molecule has 86 heavy (non-hydrogen) atoms. The Hall–Kier alpha value is -4.88. The number of esters is 2. The number of aryl methyl sites for hydroxylation is 2. The normalized spacial score (nSPS) is 11.9. The molecule has 0 aliphatic heterocycles. The molecule has 0 radical (unpaired) electrons. The van der Waals surface area contributed by atoms with Crippen molar-refractivity contribution in [1.29, 1.82) is 0 Å². The molecule has 0 aliphatic carbocycles. The van der Waals surface area contributed by atoms with Gasteiger partial charge in [0.2, 0.25) is 23.6 Å². The van der Waals surface area contributed by atoms with Crippen molar-refractivity contribution in [3.63, 3.8) is 0 Å². The lowest BCUT2D eigenvalue weighted by molar-refractivity contribution is -0.697. The molecular weight excluding hydrogens is 1080 g/mol. The SMILES string of the molecule is CCCCCCCCCCCC(=O)NCCCCC(NC(=O)CCCCCCCCCC[n+]1ccc(-c2cc[n+](CCCCCCCCCCC(=O)NC(CCCCNC(=O)CCCCCCCCCCC)C(=O)OCC)cc2)cc1)C(=O)OCC. The van der Waals surface area contributed by atoms with Crippen molar-refractivity contribution in [1.82, 2.24) is 21.3 Å². The standard InChI is InChI=1S/C72H124N6O8/c1-5-9-11-13-15-17-23-29-35-47-67(79)73-55-41-39-45-65(71(83)85-7-3)75-69(81)49-37-31-25-19-21-27-33-43-57-77-59-51-63(52-60-77)64-53-61-78(62-54-64)58-44-34-28-22-20-26-32-38-50-70(82)76-66(72(84)86-8-4)46-40-42-56-74-68(80)48-36-30-24-18-16-14-12-10-6-2/h51-54,59-62,65-66H,5-50,55-58H2,1-4H3,(H2-2,73,74,75,76,79,80,81,82)/p+2. The van der Waals surface area contributed by atoms with Gasteiger partial charge in [-0.2, -0.15) is 0 Å². The molecule has 0 spiro atoms. The van der Waals surface area contributed by atoms with Crippen LogP contribution in [0.25, 0.3) is 11.1 Å². The van der Waals surface area contributed by atoms with Crippen molar-refractivity contribution >= 4 is 35.6 Å². The third-order valence-electron chi connectivity index (χ3n) is 16.6. The van der Waals surface area contributed by atoms with Gasteiger partial charge in [0.05, 0.1) is 13.2 Å². The lowest BCUT2D eigenvalue weighted by Gasteiger charge is -2.17. The molecule has 2 aromatic heterocycles. The zero-order valence-electron chi connectivity index (χ0n) is 55.3. The highest BCUT2D eigenvalue weighted by Crippen LogP contribution is 2.18. The van der Waals surface area contributed by atoms with E-state index in [1.807, 2.05) is 0 Å². The Morgan fingerprint density at radius 2 is 0.605 bits per heavy atom. The van der Waals surface area contributed by atoms with E-state index in [0.29, 0.717) is 51.6 Å². The number of nitrogens with one attached hydrogen (secondary N) is 4. The Morgan fingerprint density at radius 1 is 0.337 bits per heavy atom. The zero-order chi connectivity index (χ0) is 62.2. The number of pyridine rings is 2. The topological polar surface area (TPSA) is 177 Å². The van der Waals surface area contributed by atoms with Crippen LogP contribution in [0.2, 0.25) is 0 Å². The number of nitrogens with zero attached hydrogens (tertiary/aromatic N) is 2. The van der Waals surface area contributed by atoms with Crippen LogP contribution in [0, 0.1) is 0 Å². The van der Waals surface area contributed by atoms with Gasteiger partial charge in [-0.25, -0.2) is 18.7 Å². The van der Waals surface area contributed by atoms with Crippen LogP contribution in [-0.4, -0.2) is 74.0 Å². The maximum atomic E-state index is 12.8. The van der Waals surface area contributed by atoms with E-state index in [9.17, 15) is 28.8 Å². The quantitative estimate of drug-likeness (QED) is 0.0287. The molecule has 0 saturated carbocycles. The molecule has 2 heterocycles. The van der Waals surface area contributed by atoms with Crippen molar-refractivity contribution < 1.29 is 47.4 Å². The smallest absolute Gasteiger partial charge is 0.328 e. The molecule has 0 fully saturated rings. The summed E-state index contributed by atoms with van der Waals surface area (Å²) in [6.45, 7) is 11.8. The van der Waals surface area contributed by atoms with Crippen LogP contribution in [0.1, 0.15) is 310 Å². The van der Waals surface area contributed by atoms with Crippen LogP contribution in [0.4, 0.5) is 0 Å². The van der Waals surface area contributed by atoms with Gasteiger partial charge in [0.25, 0.3) is 0 Å². The van der Waals surface area contributed by atoms with Gasteiger partial charge in [-0.1, -0.05) is 181 Å². The maximum absolute atomic E-state index is 12.8. The lowest BCUT2D eigenvalue weighted by Crippen LogP contribution is -2.41. The van der Waals surface area contributed by atoms with Crippen molar-refractivity contribution in [2.75, 3.05) is 26.3 Å². The fourth-order valence-corrected chi connectivity index (χ4v) is 11.2. The fraction of sp³-hybridized carbons (Fsp3) is 0.778. The van der Waals surface area contributed by atoms with Crippen molar-refractivity contribution in [2.24, 2.45) is 0 Å². The molecule has 0 aliphatic rings. The van der Waals surface area contributed by atoms with E-state index < -0.39 is 12.1 Å². The third-order valence-corrected chi connectivity index (χ3v) is 16.6.